The Balaban J connectivity index is 2.01. The fourth-order valence-electron chi connectivity index (χ4n) is 1.82. The second-order valence-electron chi connectivity index (χ2n) is 4.06. The maximum Gasteiger partial charge on any atom is 0.277 e. The van der Waals surface area contributed by atoms with E-state index in [9.17, 15) is 9.18 Å². The summed E-state index contributed by atoms with van der Waals surface area (Å²) in [6, 6.07) is 5.87. The number of halogens is 1. The van der Waals surface area contributed by atoms with Crippen LogP contribution < -0.4 is 11.1 Å². The molecule has 0 saturated heterocycles. The molecular formula is C13H9FN4O2. The van der Waals surface area contributed by atoms with E-state index in [1.807, 2.05) is 0 Å². The predicted molar refractivity (Wildman–Crippen MR) is 70.6 cm³/mol. The molecule has 0 unspecified atom stereocenters. The Morgan fingerprint density at radius 1 is 1.35 bits per heavy atom. The minimum absolute atomic E-state index is 0.115. The lowest BCUT2D eigenvalue weighted by Gasteiger charge is -2.09. The van der Waals surface area contributed by atoms with Crippen LogP contribution in [0.15, 0.2) is 41.2 Å². The first-order valence-corrected chi connectivity index (χ1v) is 5.71. The molecule has 3 aromatic rings. The van der Waals surface area contributed by atoms with Gasteiger partial charge in [0.15, 0.2) is 5.69 Å². The molecule has 1 amide bonds. The first kappa shape index (κ1) is 12.1. The molecule has 0 aliphatic heterocycles. The molecule has 20 heavy (non-hydrogen) atoms. The molecule has 0 bridgehead atoms. The third-order valence-corrected chi connectivity index (χ3v) is 2.81. The highest BCUT2D eigenvalue weighted by molar-refractivity contribution is 6.07. The van der Waals surface area contributed by atoms with Crippen LogP contribution in [0.3, 0.4) is 0 Å². The number of nitrogens with one attached hydrogen (secondary N) is 1. The van der Waals surface area contributed by atoms with Crippen LogP contribution >= 0.6 is 0 Å². The van der Waals surface area contributed by atoms with E-state index in [0.717, 1.165) is 0 Å². The van der Waals surface area contributed by atoms with E-state index < -0.39 is 11.7 Å². The summed E-state index contributed by atoms with van der Waals surface area (Å²) in [5, 5.41) is 6.50. The van der Waals surface area contributed by atoms with Crippen molar-refractivity contribution < 1.29 is 13.7 Å². The van der Waals surface area contributed by atoms with Crippen LogP contribution in [0.5, 0.6) is 0 Å². The normalized spacial score (nSPS) is 10.7. The molecule has 3 rings (SSSR count). The Labute approximate surface area is 112 Å². The highest BCUT2D eigenvalue weighted by Gasteiger charge is 2.14. The third kappa shape index (κ3) is 1.95. The van der Waals surface area contributed by atoms with Crippen LogP contribution in [-0.4, -0.2) is 16.0 Å². The van der Waals surface area contributed by atoms with E-state index in [-0.39, 0.29) is 22.6 Å². The molecule has 0 saturated carbocycles. The molecule has 0 fully saturated rings. The summed E-state index contributed by atoms with van der Waals surface area (Å²) >= 11 is 0. The third-order valence-electron chi connectivity index (χ3n) is 2.81. The number of rotatable bonds is 2. The molecule has 6 nitrogen and oxygen atoms in total. The van der Waals surface area contributed by atoms with Crippen molar-refractivity contribution in [2.45, 2.75) is 0 Å². The lowest BCUT2D eigenvalue weighted by molar-refractivity contribution is 0.101. The van der Waals surface area contributed by atoms with Gasteiger partial charge in [0.2, 0.25) is 0 Å². The summed E-state index contributed by atoms with van der Waals surface area (Å²) < 4.78 is 18.1. The number of fused-ring (bicyclic) bond motifs is 1. The Hall–Kier alpha value is -2.96. The molecule has 0 aliphatic rings. The number of hydrogen-bond acceptors (Lipinski definition) is 5. The van der Waals surface area contributed by atoms with Crippen LogP contribution in [-0.2, 0) is 0 Å². The molecule has 0 spiro atoms. The standard InChI is InChI=1S/C13H9FN4O2/c14-8-3-1-2-7-11(15)10(6-16-12(7)8)17-13(19)9-4-5-20-18-9/h1-6H,(H2,15,16)(H,17,19). The SMILES string of the molecule is Nc1c(NC(=O)c2ccon2)cnc2c(F)cccc12. The van der Waals surface area contributed by atoms with E-state index in [0.29, 0.717) is 5.39 Å². The van der Waals surface area contributed by atoms with Crippen molar-refractivity contribution in [2.24, 2.45) is 0 Å². The van der Waals surface area contributed by atoms with Gasteiger partial charge in [-0.05, 0) is 6.07 Å². The average molecular weight is 272 g/mol. The number of hydrogen-bond donors (Lipinski definition) is 2. The molecule has 0 radical (unpaired) electrons. The van der Waals surface area contributed by atoms with Gasteiger partial charge in [0, 0.05) is 11.5 Å². The molecule has 2 heterocycles. The lowest BCUT2D eigenvalue weighted by Crippen LogP contribution is -2.14. The molecule has 100 valence electrons. The average Bonchev–Trinajstić information content (AvgIpc) is 2.97. The number of carbonyl (C=O) groups is 1. The van der Waals surface area contributed by atoms with Crippen LogP contribution in [0.4, 0.5) is 15.8 Å². The van der Waals surface area contributed by atoms with E-state index >= 15 is 0 Å². The predicted octanol–water partition coefficient (Wildman–Crippen LogP) is 2.20. The molecule has 3 N–H and O–H groups in total. The van der Waals surface area contributed by atoms with Crippen molar-refractivity contribution >= 4 is 28.2 Å². The maximum absolute atomic E-state index is 13.6. The van der Waals surface area contributed by atoms with Crippen LogP contribution in [0.2, 0.25) is 0 Å². The van der Waals surface area contributed by atoms with E-state index in [4.69, 9.17) is 5.73 Å². The zero-order valence-corrected chi connectivity index (χ0v) is 10.1. The number of amides is 1. The largest absolute Gasteiger partial charge is 0.396 e. The Kier molecular flexibility index (Phi) is 2.79. The molecule has 0 atom stereocenters. The summed E-state index contributed by atoms with van der Waals surface area (Å²) in [7, 11) is 0. The molecule has 1 aromatic carbocycles. The van der Waals surface area contributed by atoms with Gasteiger partial charge in [0.25, 0.3) is 5.91 Å². The first-order chi connectivity index (χ1) is 9.66. The van der Waals surface area contributed by atoms with Crippen molar-refractivity contribution in [3.8, 4) is 0 Å². The van der Waals surface area contributed by atoms with Crippen molar-refractivity contribution in [1.82, 2.24) is 10.1 Å². The zero-order valence-electron chi connectivity index (χ0n) is 10.1. The number of carbonyl (C=O) groups excluding carboxylic acids is 1. The Morgan fingerprint density at radius 3 is 2.95 bits per heavy atom. The molecular weight excluding hydrogens is 263 g/mol. The number of benzene rings is 1. The number of nitrogen functional groups attached to an aromatic ring is 1. The smallest absolute Gasteiger partial charge is 0.277 e. The summed E-state index contributed by atoms with van der Waals surface area (Å²) in [6.45, 7) is 0. The van der Waals surface area contributed by atoms with Crippen LogP contribution in [0.1, 0.15) is 10.5 Å². The van der Waals surface area contributed by atoms with Crippen LogP contribution in [0.25, 0.3) is 10.9 Å². The highest BCUT2D eigenvalue weighted by Crippen LogP contribution is 2.28. The van der Waals surface area contributed by atoms with Gasteiger partial charge in [-0.15, -0.1) is 0 Å². The number of para-hydroxylation sites is 1. The van der Waals surface area contributed by atoms with Crippen molar-refractivity contribution in [2.75, 3.05) is 11.1 Å². The Morgan fingerprint density at radius 2 is 2.20 bits per heavy atom. The summed E-state index contributed by atoms with van der Waals surface area (Å²) in [6.07, 6.45) is 2.59. The minimum atomic E-state index is -0.483. The van der Waals surface area contributed by atoms with Gasteiger partial charge >= 0.3 is 0 Å². The van der Waals surface area contributed by atoms with Gasteiger partial charge in [-0.3, -0.25) is 9.78 Å². The topological polar surface area (TPSA) is 94.0 Å². The van der Waals surface area contributed by atoms with Gasteiger partial charge in [0.1, 0.15) is 17.6 Å². The van der Waals surface area contributed by atoms with E-state index in [2.05, 4.69) is 20.0 Å². The maximum atomic E-state index is 13.6. The van der Waals surface area contributed by atoms with E-state index in [1.165, 1.54) is 30.7 Å². The fraction of sp³-hybridized carbons (Fsp3) is 0. The summed E-state index contributed by atoms with van der Waals surface area (Å²) in [5.74, 6) is -0.952. The number of pyridine rings is 1. The molecule has 7 heteroatoms. The number of aromatic nitrogens is 2. The number of anilines is 2. The first-order valence-electron chi connectivity index (χ1n) is 5.71. The second-order valence-corrected chi connectivity index (χ2v) is 4.06. The zero-order chi connectivity index (χ0) is 14.1. The van der Waals surface area contributed by atoms with Gasteiger partial charge in [-0.1, -0.05) is 17.3 Å². The van der Waals surface area contributed by atoms with Gasteiger partial charge in [-0.2, -0.15) is 0 Å². The van der Waals surface area contributed by atoms with Gasteiger partial charge in [-0.25, -0.2) is 4.39 Å². The fourth-order valence-corrected chi connectivity index (χ4v) is 1.82. The van der Waals surface area contributed by atoms with E-state index in [1.54, 1.807) is 6.07 Å². The second kappa shape index (κ2) is 4.61. The molecule has 0 aliphatic carbocycles. The van der Waals surface area contributed by atoms with Gasteiger partial charge in [0.05, 0.1) is 17.6 Å². The summed E-state index contributed by atoms with van der Waals surface area (Å²) in [4.78, 5) is 15.8. The summed E-state index contributed by atoms with van der Waals surface area (Å²) in [5.41, 5.74) is 6.73. The van der Waals surface area contributed by atoms with Crippen LogP contribution in [0, 0.1) is 5.82 Å². The number of nitrogens with two attached hydrogens (primary N) is 1. The highest BCUT2D eigenvalue weighted by atomic mass is 19.1. The number of nitrogens with zero attached hydrogens (tertiary/aromatic N) is 2. The Bertz CT molecular complexity index is 786. The quantitative estimate of drug-likeness (QED) is 0.745. The van der Waals surface area contributed by atoms with Gasteiger partial charge < -0.3 is 15.6 Å². The molecule has 2 aromatic heterocycles. The minimum Gasteiger partial charge on any atom is -0.396 e. The monoisotopic (exact) mass is 272 g/mol. The van der Waals surface area contributed by atoms with Crippen molar-refractivity contribution in [1.29, 1.82) is 0 Å². The lowest BCUT2D eigenvalue weighted by atomic mass is 10.1. The van der Waals surface area contributed by atoms with Crippen molar-refractivity contribution in [3.63, 3.8) is 0 Å². The van der Waals surface area contributed by atoms with Crippen molar-refractivity contribution in [3.05, 3.63) is 48.2 Å².